The molecule has 26 heavy (non-hydrogen) atoms. The van der Waals surface area contributed by atoms with Crippen LogP contribution in [0.4, 0.5) is 4.39 Å². The van der Waals surface area contributed by atoms with Crippen LogP contribution in [0.1, 0.15) is 23.8 Å². The van der Waals surface area contributed by atoms with Gasteiger partial charge in [-0.05, 0) is 24.3 Å². The first-order valence-corrected chi connectivity index (χ1v) is 8.64. The average molecular weight is 356 g/mol. The molecule has 1 aromatic carbocycles. The highest BCUT2D eigenvalue weighted by atomic mass is 19.1. The molecule has 0 radical (unpaired) electrons. The molecule has 0 aliphatic carbocycles. The van der Waals surface area contributed by atoms with Crippen molar-refractivity contribution in [2.24, 2.45) is 13.0 Å². The molecule has 3 aromatic rings. The zero-order chi connectivity index (χ0) is 18.3. The Morgan fingerprint density at radius 1 is 1.35 bits per heavy atom. The van der Waals surface area contributed by atoms with Gasteiger partial charge in [0.1, 0.15) is 17.2 Å². The highest BCUT2D eigenvalue weighted by Gasteiger charge is 2.38. The lowest BCUT2D eigenvalue weighted by molar-refractivity contribution is -0.127. The van der Waals surface area contributed by atoms with Crippen LogP contribution in [0.5, 0.6) is 0 Å². The summed E-state index contributed by atoms with van der Waals surface area (Å²) in [6.07, 6.45) is 4.29. The highest BCUT2D eigenvalue weighted by molar-refractivity contribution is 5.79. The van der Waals surface area contributed by atoms with Gasteiger partial charge in [-0.2, -0.15) is 5.10 Å². The maximum absolute atomic E-state index is 13.3. The average Bonchev–Trinajstić information content (AvgIpc) is 3.26. The molecule has 2 aromatic heterocycles. The first-order chi connectivity index (χ1) is 12.5. The standard InChI is InChI=1S/C19H21FN4O2/c1-23-11-14(9-22-23)19-13(7-18(25)24(19)2)8-21-10-16-6-12-5-15(20)3-4-17(12)26-16/h3-6,9,11,13,19,21H,7-8,10H2,1-2H3/t13-,19+/m0/s1. The van der Waals surface area contributed by atoms with Crippen molar-refractivity contribution in [3.8, 4) is 0 Å². The van der Waals surface area contributed by atoms with E-state index in [1.54, 1.807) is 15.6 Å². The Labute approximate surface area is 150 Å². The van der Waals surface area contributed by atoms with Crippen molar-refractivity contribution in [2.45, 2.75) is 19.0 Å². The molecular weight excluding hydrogens is 335 g/mol. The van der Waals surface area contributed by atoms with Crippen molar-refractivity contribution in [3.63, 3.8) is 0 Å². The first-order valence-electron chi connectivity index (χ1n) is 8.64. The van der Waals surface area contributed by atoms with Crippen LogP contribution in [0.25, 0.3) is 11.0 Å². The van der Waals surface area contributed by atoms with Crippen LogP contribution in [-0.4, -0.2) is 34.2 Å². The Bertz CT molecular complexity index is 948. The topological polar surface area (TPSA) is 63.3 Å². The van der Waals surface area contributed by atoms with Gasteiger partial charge in [-0.15, -0.1) is 0 Å². The first kappa shape index (κ1) is 16.8. The molecule has 2 atom stereocenters. The van der Waals surface area contributed by atoms with Crippen LogP contribution in [0.15, 0.2) is 41.1 Å². The van der Waals surface area contributed by atoms with Gasteiger partial charge < -0.3 is 14.6 Å². The number of aryl methyl sites for hydroxylation is 1. The molecular formula is C19H21FN4O2. The van der Waals surface area contributed by atoms with Gasteiger partial charge in [-0.1, -0.05) is 0 Å². The number of nitrogens with zero attached hydrogens (tertiary/aromatic N) is 3. The fourth-order valence-corrected chi connectivity index (χ4v) is 3.76. The highest BCUT2D eigenvalue weighted by Crippen LogP contribution is 2.36. The van der Waals surface area contributed by atoms with Crippen molar-refractivity contribution in [1.82, 2.24) is 20.0 Å². The number of hydrogen-bond donors (Lipinski definition) is 1. The third-order valence-electron chi connectivity index (χ3n) is 5.00. The van der Waals surface area contributed by atoms with E-state index in [0.717, 1.165) is 16.7 Å². The molecule has 136 valence electrons. The van der Waals surface area contributed by atoms with E-state index in [0.29, 0.717) is 25.1 Å². The van der Waals surface area contributed by atoms with Crippen LogP contribution in [0, 0.1) is 11.7 Å². The minimum atomic E-state index is -0.273. The van der Waals surface area contributed by atoms with Gasteiger partial charge in [0.25, 0.3) is 0 Å². The number of amides is 1. The van der Waals surface area contributed by atoms with Gasteiger partial charge in [0.05, 0.1) is 18.8 Å². The Kier molecular flexibility index (Phi) is 4.24. The normalized spacial score (nSPS) is 20.4. The SMILES string of the molecule is CN1C(=O)C[C@@H](CNCc2cc3cc(F)ccc3o2)[C@@H]1c1cnn(C)c1. The molecule has 0 unspecified atom stereocenters. The summed E-state index contributed by atoms with van der Waals surface area (Å²) in [4.78, 5) is 14.0. The van der Waals surface area contributed by atoms with Gasteiger partial charge in [0.2, 0.25) is 5.91 Å². The van der Waals surface area contributed by atoms with Gasteiger partial charge >= 0.3 is 0 Å². The predicted octanol–water partition coefficient (Wildman–Crippen LogP) is 2.61. The van der Waals surface area contributed by atoms with Crippen LogP contribution in [0.2, 0.25) is 0 Å². The van der Waals surface area contributed by atoms with Crippen LogP contribution < -0.4 is 5.32 Å². The molecule has 1 N–H and O–H groups in total. The number of fused-ring (bicyclic) bond motifs is 1. The summed E-state index contributed by atoms with van der Waals surface area (Å²) in [7, 11) is 3.71. The largest absolute Gasteiger partial charge is 0.460 e. The number of nitrogens with one attached hydrogen (secondary N) is 1. The molecule has 1 amide bonds. The summed E-state index contributed by atoms with van der Waals surface area (Å²) in [5, 5.41) is 8.36. The van der Waals surface area contributed by atoms with Crippen LogP contribution in [0.3, 0.4) is 0 Å². The number of benzene rings is 1. The van der Waals surface area contributed by atoms with Crippen molar-refractivity contribution in [1.29, 1.82) is 0 Å². The lowest BCUT2D eigenvalue weighted by Crippen LogP contribution is -2.28. The number of likely N-dealkylation sites (tertiary alicyclic amines) is 1. The second-order valence-electron chi connectivity index (χ2n) is 6.89. The van der Waals surface area contributed by atoms with Crippen molar-refractivity contribution < 1.29 is 13.6 Å². The van der Waals surface area contributed by atoms with E-state index >= 15 is 0 Å². The number of furan rings is 1. The second kappa shape index (κ2) is 6.57. The van der Waals surface area contributed by atoms with E-state index in [-0.39, 0.29) is 23.7 Å². The van der Waals surface area contributed by atoms with E-state index in [1.807, 2.05) is 32.6 Å². The number of hydrogen-bond acceptors (Lipinski definition) is 4. The third kappa shape index (κ3) is 3.10. The van der Waals surface area contributed by atoms with Gasteiger partial charge in [0.15, 0.2) is 0 Å². The predicted molar refractivity (Wildman–Crippen MR) is 94.7 cm³/mol. The van der Waals surface area contributed by atoms with Gasteiger partial charge in [-0.3, -0.25) is 9.48 Å². The molecule has 0 bridgehead atoms. The second-order valence-corrected chi connectivity index (χ2v) is 6.89. The quantitative estimate of drug-likeness (QED) is 0.763. The van der Waals surface area contributed by atoms with E-state index in [9.17, 15) is 9.18 Å². The molecule has 0 spiro atoms. The molecule has 1 aliphatic heterocycles. The summed E-state index contributed by atoms with van der Waals surface area (Å²) in [6.45, 7) is 1.21. The number of carbonyl (C=O) groups is 1. The van der Waals surface area contributed by atoms with E-state index in [2.05, 4.69) is 10.4 Å². The maximum Gasteiger partial charge on any atom is 0.223 e. The Morgan fingerprint density at radius 2 is 2.19 bits per heavy atom. The number of carbonyl (C=O) groups excluding carboxylic acids is 1. The minimum Gasteiger partial charge on any atom is -0.460 e. The summed E-state index contributed by atoms with van der Waals surface area (Å²) in [6, 6.07) is 6.36. The van der Waals surface area contributed by atoms with Crippen LogP contribution >= 0.6 is 0 Å². The lowest BCUT2D eigenvalue weighted by Gasteiger charge is -2.24. The molecule has 1 aliphatic rings. The molecule has 7 heteroatoms. The van der Waals surface area contributed by atoms with E-state index in [4.69, 9.17) is 4.42 Å². The monoisotopic (exact) mass is 356 g/mol. The summed E-state index contributed by atoms with van der Waals surface area (Å²) in [5.74, 6) is 0.786. The summed E-state index contributed by atoms with van der Waals surface area (Å²) in [5.41, 5.74) is 1.72. The Morgan fingerprint density at radius 3 is 2.96 bits per heavy atom. The van der Waals surface area contributed by atoms with Gasteiger partial charge in [-0.25, -0.2) is 4.39 Å². The summed E-state index contributed by atoms with van der Waals surface area (Å²) < 4.78 is 20.8. The maximum atomic E-state index is 13.3. The summed E-state index contributed by atoms with van der Waals surface area (Å²) >= 11 is 0. The third-order valence-corrected chi connectivity index (χ3v) is 5.00. The fourth-order valence-electron chi connectivity index (χ4n) is 3.76. The fraction of sp³-hybridized carbons (Fsp3) is 0.368. The minimum absolute atomic E-state index is 0.0217. The van der Waals surface area contributed by atoms with E-state index in [1.165, 1.54) is 12.1 Å². The molecule has 4 rings (SSSR count). The number of rotatable bonds is 5. The molecule has 3 heterocycles. The Balaban J connectivity index is 1.43. The number of halogens is 1. The Hall–Kier alpha value is -2.67. The van der Waals surface area contributed by atoms with Gasteiger partial charge in [0, 0.05) is 50.1 Å². The lowest BCUT2D eigenvalue weighted by atomic mass is 9.96. The smallest absolute Gasteiger partial charge is 0.223 e. The van der Waals surface area contributed by atoms with Crippen LogP contribution in [-0.2, 0) is 18.4 Å². The van der Waals surface area contributed by atoms with Crippen molar-refractivity contribution in [2.75, 3.05) is 13.6 Å². The molecule has 1 fully saturated rings. The van der Waals surface area contributed by atoms with Crippen molar-refractivity contribution in [3.05, 3.63) is 53.8 Å². The molecule has 0 saturated carbocycles. The zero-order valence-corrected chi connectivity index (χ0v) is 14.8. The van der Waals surface area contributed by atoms with Crippen molar-refractivity contribution >= 4 is 16.9 Å². The zero-order valence-electron chi connectivity index (χ0n) is 14.8. The molecule has 6 nitrogen and oxygen atoms in total. The number of aromatic nitrogens is 2. The van der Waals surface area contributed by atoms with E-state index < -0.39 is 0 Å². The molecule has 1 saturated heterocycles.